The molecule has 0 aliphatic heterocycles. The highest BCUT2D eigenvalue weighted by molar-refractivity contribution is 7.20. The van der Waals surface area contributed by atoms with Crippen LogP contribution in [-0.4, -0.2) is 14.6 Å². The van der Waals surface area contributed by atoms with Crippen molar-refractivity contribution in [1.29, 1.82) is 0 Å². The van der Waals surface area contributed by atoms with Gasteiger partial charge in [0.1, 0.15) is 0 Å². The van der Waals surface area contributed by atoms with E-state index in [1.807, 2.05) is 56.3 Å². The zero-order valence-electron chi connectivity index (χ0n) is 12.7. The zero-order chi connectivity index (χ0) is 16.0. The predicted octanol–water partition coefficient (Wildman–Crippen LogP) is 3.66. The van der Waals surface area contributed by atoms with Crippen LogP contribution in [0.4, 0.5) is 10.8 Å². The number of para-hydroxylation sites is 1. The smallest absolute Gasteiger partial charge is 0.283 e. The van der Waals surface area contributed by atoms with Gasteiger partial charge in [-0.2, -0.15) is 4.52 Å². The maximum absolute atomic E-state index is 12.6. The van der Waals surface area contributed by atoms with Gasteiger partial charge < -0.3 is 5.32 Å². The van der Waals surface area contributed by atoms with Crippen LogP contribution in [0, 0.1) is 13.8 Å². The third-order valence-electron chi connectivity index (χ3n) is 3.74. The minimum atomic E-state index is -0.136. The van der Waals surface area contributed by atoms with Gasteiger partial charge in [-0.25, -0.2) is 4.98 Å². The largest absolute Gasteiger partial charge is 0.330 e. The fourth-order valence-corrected chi connectivity index (χ4v) is 3.31. The average Bonchev–Trinajstić information content (AvgIpc) is 2.93. The second kappa shape index (κ2) is 5.17. The van der Waals surface area contributed by atoms with E-state index in [0.717, 1.165) is 16.8 Å². The number of anilines is 2. The molecule has 0 unspecified atom stereocenters. The van der Waals surface area contributed by atoms with Gasteiger partial charge >= 0.3 is 0 Å². The Bertz CT molecular complexity index is 1100. The van der Waals surface area contributed by atoms with Gasteiger partial charge in [0.15, 0.2) is 0 Å². The van der Waals surface area contributed by atoms with Crippen LogP contribution >= 0.6 is 11.3 Å². The van der Waals surface area contributed by atoms with E-state index in [0.29, 0.717) is 21.0 Å². The first-order valence-electron chi connectivity index (χ1n) is 7.25. The van der Waals surface area contributed by atoms with E-state index in [2.05, 4.69) is 15.4 Å². The molecule has 6 heteroatoms. The first kappa shape index (κ1) is 13.9. The molecule has 0 spiro atoms. The SMILES string of the molecule is Cc1ccc2nc3sc(Nc4ccccc4C)nn3c(=O)c2c1. The van der Waals surface area contributed by atoms with E-state index >= 15 is 0 Å². The van der Waals surface area contributed by atoms with Crippen LogP contribution in [0.3, 0.4) is 0 Å². The Morgan fingerprint density at radius 3 is 2.78 bits per heavy atom. The Morgan fingerprint density at radius 2 is 1.96 bits per heavy atom. The molecule has 0 saturated heterocycles. The number of aromatic nitrogens is 3. The highest BCUT2D eigenvalue weighted by Crippen LogP contribution is 2.24. The second-order valence-electron chi connectivity index (χ2n) is 5.48. The Labute approximate surface area is 136 Å². The number of aryl methyl sites for hydroxylation is 2. The minimum Gasteiger partial charge on any atom is -0.330 e. The third-order valence-corrected chi connectivity index (χ3v) is 4.56. The number of nitrogens with zero attached hydrogens (tertiary/aromatic N) is 3. The van der Waals surface area contributed by atoms with Crippen molar-refractivity contribution >= 4 is 38.0 Å². The van der Waals surface area contributed by atoms with E-state index < -0.39 is 0 Å². The fourth-order valence-electron chi connectivity index (χ4n) is 2.50. The molecule has 4 rings (SSSR count). The molecule has 2 aromatic heterocycles. The number of fused-ring (bicyclic) bond motifs is 2. The topological polar surface area (TPSA) is 59.3 Å². The lowest BCUT2D eigenvalue weighted by Gasteiger charge is -2.04. The highest BCUT2D eigenvalue weighted by Gasteiger charge is 2.11. The van der Waals surface area contributed by atoms with E-state index in [1.54, 1.807) is 0 Å². The van der Waals surface area contributed by atoms with Gasteiger partial charge in [-0.3, -0.25) is 4.79 Å². The van der Waals surface area contributed by atoms with Crippen LogP contribution in [0.5, 0.6) is 0 Å². The van der Waals surface area contributed by atoms with E-state index in [1.165, 1.54) is 15.9 Å². The Balaban J connectivity index is 1.88. The lowest BCUT2D eigenvalue weighted by Crippen LogP contribution is -2.15. The molecule has 0 aliphatic rings. The van der Waals surface area contributed by atoms with Crippen molar-refractivity contribution in [2.75, 3.05) is 5.32 Å². The number of nitrogens with one attached hydrogen (secondary N) is 1. The van der Waals surface area contributed by atoms with Crippen molar-refractivity contribution in [3.63, 3.8) is 0 Å². The maximum atomic E-state index is 12.6. The molecule has 1 N–H and O–H groups in total. The molecule has 4 aromatic rings. The van der Waals surface area contributed by atoms with Crippen LogP contribution in [0.25, 0.3) is 15.9 Å². The molecular formula is C17H14N4OS. The highest BCUT2D eigenvalue weighted by atomic mass is 32.1. The molecule has 0 aliphatic carbocycles. The van der Waals surface area contributed by atoms with E-state index in [4.69, 9.17) is 0 Å². The Hall–Kier alpha value is -2.73. The van der Waals surface area contributed by atoms with E-state index in [9.17, 15) is 4.79 Å². The molecule has 5 nitrogen and oxygen atoms in total. The molecule has 2 aromatic carbocycles. The summed E-state index contributed by atoms with van der Waals surface area (Å²) in [6.45, 7) is 3.98. The second-order valence-corrected chi connectivity index (χ2v) is 6.44. The molecule has 0 bridgehead atoms. The van der Waals surface area contributed by atoms with Crippen molar-refractivity contribution in [2.45, 2.75) is 13.8 Å². The summed E-state index contributed by atoms with van der Waals surface area (Å²) in [6, 6.07) is 13.6. The third kappa shape index (κ3) is 2.37. The first-order chi connectivity index (χ1) is 11.1. The minimum absolute atomic E-state index is 0.136. The summed E-state index contributed by atoms with van der Waals surface area (Å²) >= 11 is 1.36. The molecule has 23 heavy (non-hydrogen) atoms. The Kier molecular flexibility index (Phi) is 3.12. The van der Waals surface area contributed by atoms with Gasteiger partial charge in [-0.15, -0.1) is 5.10 Å². The molecule has 0 atom stereocenters. The van der Waals surface area contributed by atoms with Crippen LogP contribution in [0.2, 0.25) is 0 Å². The number of benzene rings is 2. The summed E-state index contributed by atoms with van der Waals surface area (Å²) in [4.78, 5) is 17.7. The summed E-state index contributed by atoms with van der Waals surface area (Å²) in [5, 5.41) is 8.88. The van der Waals surface area contributed by atoms with Crippen LogP contribution in [0.1, 0.15) is 11.1 Å². The van der Waals surface area contributed by atoms with Crippen molar-refractivity contribution in [3.8, 4) is 0 Å². The van der Waals surface area contributed by atoms with Gasteiger partial charge in [-0.05, 0) is 37.6 Å². The van der Waals surface area contributed by atoms with Crippen molar-refractivity contribution in [1.82, 2.24) is 14.6 Å². The molecule has 0 radical (unpaired) electrons. The summed E-state index contributed by atoms with van der Waals surface area (Å²) in [6.07, 6.45) is 0. The first-order valence-corrected chi connectivity index (χ1v) is 8.06. The summed E-state index contributed by atoms with van der Waals surface area (Å²) in [7, 11) is 0. The van der Waals surface area contributed by atoms with Crippen molar-refractivity contribution < 1.29 is 0 Å². The quantitative estimate of drug-likeness (QED) is 0.612. The zero-order valence-corrected chi connectivity index (χ0v) is 13.5. The summed E-state index contributed by atoms with van der Waals surface area (Å²) in [5.74, 6) is 0. The van der Waals surface area contributed by atoms with Crippen LogP contribution < -0.4 is 10.9 Å². The lowest BCUT2D eigenvalue weighted by atomic mass is 10.2. The average molecular weight is 322 g/mol. The van der Waals surface area contributed by atoms with Gasteiger partial charge in [0.05, 0.1) is 10.9 Å². The molecule has 0 amide bonds. The molecule has 0 saturated carbocycles. The van der Waals surface area contributed by atoms with Gasteiger partial charge in [0, 0.05) is 5.69 Å². The summed E-state index contributed by atoms with van der Waals surface area (Å²) < 4.78 is 1.37. The van der Waals surface area contributed by atoms with Crippen molar-refractivity contribution in [3.05, 3.63) is 63.9 Å². The fraction of sp³-hybridized carbons (Fsp3) is 0.118. The van der Waals surface area contributed by atoms with Gasteiger partial charge in [0.25, 0.3) is 5.56 Å². The monoisotopic (exact) mass is 322 g/mol. The maximum Gasteiger partial charge on any atom is 0.283 e. The van der Waals surface area contributed by atoms with E-state index in [-0.39, 0.29) is 5.56 Å². The van der Waals surface area contributed by atoms with Crippen molar-refractivity contribution in [2.24, 2.45) is 0 Å². The molecule has 0 fully saturated rings. The standard InChI is InChI=1S/C17H14N4OS/c1-10-7-8-14-12(9-10)15(22)21-17(19-14)23-16(20-21)18-13-6-4-3-5-11(13)2/h3-9H,1-2H3,(H,18,20). The molecule has 114 valence electrons. The number of hydrogen-bond acceptors (Lipinski definition) is 5. The number of hydrogen-bond donors (Lipinski definition) is 1. The van der Waals surface area contributed by atoms with Gasteiger partial charge in [0.2, 0.25) is 10.1 Å². The lowest BCUT2D eigenvalue weighted by molar-refractivity contribution is 0.919. The summed E-state index contributed by atoms with van der Waals surface area (Å²) in [5.41, 5.74) is 3.69. The van der Waals surface area contributed by atoms with Gasteiger partial charge in [-0.1, -0.05) is 41.2 Å². The van der Waals surface area contributed by atoms with Crippen LogP contribution in [-0.2, 0) is 0 Å². The predicted molar refractivity (Wildman–Crippen MR) is 93.8 cm³/mol. The Morgan fingerprint density at radius 1 is 1.13 bits per heavy atom. The van der Waals surface area contributed by atoms with Crippen LogP contribution in [0.15, 0.2) is 47.3 Å². The molecule has 2 heterocycles. The number of rotatable bonds is 2. The molecular weight excluding hydrogens is 308 g/mol. The normalized spacial score (nSPS) is 11.2.